The van der Waals surface area contributed by atoms with Gasteiger partial charge < -0.3 is 15.4 Å². The molecule has 1 aliphatic carbocycles. The average Bonchev–Trinajstić information content (AvgIpc) is 3.33. The van der Waals surface area contributed by atoms with Gasteiger partial charge in [0.05, 0.1) is 11.7 Å². The number of thiophene rings is 1. The van der Waals surface area contributed by atoms with E-state index in [-0.39, 0.29) is 17.9 Å². The summed E-state index contributed by atoms with van der Waals surface area (Å²) in [4.78, 5) is 27.0. The molecule has 0 spiro atoms. The van der Waals surface area contributed by atoms with Crippen LogP contribution < -0.4 is 10.6 Å². The number of carbonyl (C=O) groups is 2. The summed E-state index contributed by atoms with van der Waals surface area (Å²) in [5.41, 5.74) is 3.41. The van der Waals surface area contributed by atoms with E-state index in [2.05, 4.69) is 10.6 Å². The van der Waals surface area contributed by atoms with Crippen molar-refractivity contribution < 1.29 is 14.3 Å². The number of rotatable bonds is 5. The molecule has 1 fully saturated rings. The summed E-state index contributed by atoms with van der Waals surface area (Å²) in [6, 6.07) is 7.50. The van der Waals surface area contributed by atoms with E-state index >= 15 is 0 Å². The molecule has 28 heavy (non-hydrogen) atoms. The molecule has 0 radical (unpaired) electrons. The van der Waals surface area contributed by atoms with Gasteiger partial charge in [-0.3, -0.25) is 9.59 Å². The Hall–Kier alpha value is -2.18. The van der Waals surface area contributed by atoms with E-state index in [4.69, 9.17) is 4.74 Å². The van der Waals surface area contributed by atoms with Gasteiger partial charge in [0, 0.05) is 23.6 Å². The highest BCUT2D eigenvalue weighted by molar-refractivity contribution is 7.17. The van der Waals surface area contributed by atoms with Crippen molar-refractivity contribution >= 4 is 28.2 Å². The fourth-order valence-electron chi connectivity index (χ4n) is 3.96. The first-order valence-corrected chi connectivity index (χ1v) is 10.9. The van der Waals surface area contributed by atoms with Crippen LogP contribution in [-0.4, -0.2) is 31.1 Å². The zero-order valence-corrected chi connectivity index (χ0v) is 17.0. The third-order valence-electron chi connectivity index (χ3n) is 5.42. The average molecular weight is 399 g/mol. The Morgan fingerprint density at radius 2 is 2.04 bits per heavy atom. The number of amides is 2. The molecule has 6 heteroatoms. The summed E-state index contributed by atoms with van der Waals surface area (Å²) < 4.78 is 5.62. The van der Waals surface area contributed by atoms with Crippen LogP contribution in [0.4, 0.5) is 5.00 Å². The first-order chi connectivity index (χ1) is 13.6. The largest absolute Gasteiger partial charge is 0.376 e. The monoisotopic (exact) mass is 398 g/mol. The molecule has 1 saturated heterocycles. The van der Waals surface area contributed by atoms with Crippen molar-refractivity contribution in [2.75, 3.05) is 18.5 Å². The number of benzene rings is 1. The van der Waals surface area contributed by atoms with Crippen molar-refractivity contribution in [1.82, 2.24) is 5.32 Å². The minimum absolute atomic E-state index is 0.101. The maximum absolute atomic E-state index is 13.0. The van der Waals surface area contributed by atoms with Gasteiger partial charge in [0.1, 0.15) is 5.00 Å². The van der Waals surface area contributed by atoms with Gasteiger partial charge >= 0.3 is 0 Å². The van der Waals surface area contributed by atoms with Gasteiger partial charge in [-0.25, -0.2) is 0 Å². The summed E-state index contributed by atoms with van der Waals surface area (Å²) in [7, 11) is 0. The molecule has 1 aromatic heterocycles. The van der Waals surface area contributed by atoms with Crippen molar-refractivity contribution in [2.45, 2.75) is 51.6 Å². The molecule has 148 valence electrons. The number of hydrogen-bond acceptors (Lipinski definition) is 4. The molecule has 1 aromatic carbocycles. The molecular weight excluding hydrogens is 372 g/mol. The summed E-state index contributed by atoms with van der Waals surface area (Å²) in [5.74, 6) is -0.273. The molecule has 0 bridgehead atoms. The van der Waals surface area contributed by atoms with Crippen molar-refractivity contribution in [3.63, 3.8) is 0 Å². The maximum atomic E-state index is 13.0. The summed E-state index contributed by atoms with van der Waals surface area (Å²) in [6.07, 6.45) is 6.23. The Morgan fingerprint density at radius 3 is 2.82 bits per heavy atom. The number of anilines is 1. The third-order valence-corrected chi connectivity index (χ3v) is 6.63. The lowest BCUT2D eigenvalue weighted by Gasteiger charge is -2.15. The Morgan fingerprint density at radius 1 is 1.18 bits per heavy atom. The second kappa shape index (κ2) is 8.45. The summed E-state index contributed by atoms with van der Waals surface area (Å²) in [5, 5.41) is 6.71. The zero-order chi connectivity index (χ0) is 19.5. The third kappa shape index (κ3) is 4.13. The topological polar surface area (TPSA) is 67.4 Å². The molecular formula is C22H26N2O3S. The molecule has 2 amide bonds. The lowest BCUT2D eigenvalue weighted by Crippen LogP contribution is -2.32. The Labute approximate surface area is 169 Å². The van der Waals surface area contributed by atoms with Crippen molar-refractivity contribution in [2.24, 2.45) is 0 Å². The number of fused-ring (bicyclic) bond motifs is 1. The Bertz CT molecular complexity index is 884. The van der Waals surface area contributed by atoms with Crippen LogP contribution in [0.3, 0.4) is 0 Å². The van der Waals surface area contributed by atoms with Crippen LogP contribution in [0.15, 0.2) is 24.3 Å². The van der Waals surface area contributed by atoms with E-state index in [0.29, 0.717) is 22.7 Å². The molecule has 0 saturated carbocycles. The van der Waals surface area contributed by atoms with Crippen molar-refractivity contribution in [1.29, 1.82) is 0 Å². The molecule has 0 unspecified atom stereocenters. The van der Waals surface area contributed by atoms with Gasteiger partial charge in [0.2, 0.25) is 0 Å². The Kier molecular flexibility index (Phi) is 5.78. The van der Waals surface area contributed by atoms with Crippen LogP contribution in [0.25, 0.3) is 0 Å². The molecule has 5 nitrogen and oxygen atoms in total. The maximum Gasteiger partial charge on any atom is 0.256 e. The molecule has 2 N–H and O–H groups in total. The second-order valence-electron chi connectivity index (χ2n) is 7.58. The molecule has 4 rings (SSSR count). The first kappa shape index (κ1) is 19.2. The number of nitrogens with one attached hydrogen (secondary N) is 2. The van der Waals surface area contributed by atoms with Gasteiger partial charge in [0.25, 0.3) is 11.8 Å². The molecule has 1 atom stereocenters. The number of hydrogen-bond donors (Lipinski definition) is 2. The first-order valence-electron chi connectivity index (χ1n) is 10.0. The lowest BCUT2D eigenvalue weighted by molar-refractivity contribution is 0.0858. The molecule has 2 aromatic rings. The van der Waals surface area contributed by atoms with E-state index in [0.717, 1.165) is 56.3 Å². The van der Waals surface area contributed by atoms with E-state index in [1.54, 1.807) is 17.4 Å². The van der Waals surface area contributed by atoms with Crippen LogP contribution in [-0.2, 0) is 17.6 Å². The highest BCUT2D eigenvalue weighted by Gasteiger charge is 2.27. The predicted molar refractivity (Wildman–Crippen MR) is 111 cm³/mol. The number of ether oxygens (including phenoxy) is 1. The summed E-state index contributed by atoms with van der Waals surface area (Å²) >= 11 is 1.55. The SMILES string of the molecule is Cc1cccc(C(=O)Nc2sc3c(c2C(=O)NC[C@H]2CCCO2)CCCC3)c1. The summed E-state index contributed by atoms with van der Waals surface area (Å²) in [6.45, 7) is 3.26. The number of carbonyl (C=O) groups excluding carboxylic acids is 2. The van der Waals surface area contributed by atoms with Gasteiger partial charge in [-0.15, -0.1) is 11.3 Å². The minimum Gasteiger partial charge on any atom is -0.376 e. The van der Waals surface area contributed by atoms with E-state index < -0.39 is 0 Å². The molecule has 1 aliphatic heterocycles. The zero-order valence-electron chi connectivity index (χ0n) is 16.2. The fraction of sp³-hybridized carbons (Fsp3) is 0.455. The highest BCUT2D eigenvalue weighted by Crippen LogP contribution is 2.38. The Balaban J connectivity index is 1.56. The minimum atomic E-state index is -0.171. The predicted octanol–water partition coefficient (Wildman–Crippen LogP) is 4.10. The van der Waals surface area contributed by atoms with Gasteiger partial charge in [-0.1, -0.05) is 17.7 Å². The van der Waals surface area contributed by atoms with Gasteiger partial charge in [-0.2, -0.15) is 0 Å². The lowest BCUT2D eigenvalue weighted by atomic mass is 9.95. The van der Waals surface area contributed by atoms with Gasteiger partial charge in [-0.05, 0) is 63.1 Å². The highest BCUT2D eigenvalue weighted by atomic mass is 32.1. The van der Waals surface area contributed by atoms with Crippen molar-refractivity contribution in [3.8, 4) is 0 Å². The standard InChI is InChI=1S/C22H26N2O3S/c1-14-6-4-7-15(12-14)20(25)24-22-19(17-9-2-3-10-18(17)28-22)21(26)23-13-16-8-5-11-27-16/h4,6-7,12,16H,2-3,5,8-11,13H2,1H3,(H,23,26)(H,24,25)/t16-/m1/s1. The van der Waals surface area contributed by atoms with Crippen LogP contribution in [0.5, 0.6) is 0 Å². The molecule has 2 aliphatic rings. The normalized spacial score (nSPS) is 18.5. The number of aryl methyl sites for hydroxylation is 2. The quantitative estimate of drug-likeness (QED) is 0.797. The van der Waals surface area contributed by atoms with Crippen LogP contribution in [0.1, 0.15) is 62.4 Å². The molecule has 2 heterocycles. The van der Waals surface area contributed by atoms with Crippen LogP contribution in [0, 0.1) is 6.92 Å². The van der Waals surface area contributed by atoms with Gasteiger partial charge in [0.15, 0.2) is 0 Å². The van der Waals surface area contributed by atoms with E-state index in [1.165, 1.54) is 4.88 Å². The smallest absolute Gasteiger partial charge is 0.256 e. The second-order valence-corrected chi connectivity index (χ2v) is 8.69. The van der Waals surface area contributed by atoms with Crippen LogP contribution >= 0.6 is 11.3 Å². The van der Waals surface area contributed by atoms with Crippen LogP contribution in [0.2, 0.25) is 0 Å². The van der Waals surface area contributed by atoms with E-state index in [9.17, 15) is 9.59 Å². The van der Waals surface area contributed by atoms with E-state index in [1.807, 2.05) is 25.1 Å². The fourth-order valence-corrected chi connectivity index (χ4v) is 5.24. The van der Waals surface area contributed by atoms with Crippen molar-refractivity contribution in [3.05, 3.63) is 51.4 Å².